The highest BCUT2D eigenvalue weighted by Crippen LogP contribution is 2.69. The first-order valence-corrected chi connectivity index (χ1v) is 15.2. The van der Waals surface area contributed by atoms with Gasteiger partial charge in [0.1, 0.15) is 6.10 Å². The van der Waals surface area contributed by atoms with E-state index in [1.807, 2.05) is 0 Å². The number of esters is 1. The van der Waals surface area contributed by atoms with Gasteiger partial charge in [-0.15, -0.1) is 0 Å². The predicted octanol–water partition coefficient (Wildman–Crippen LogP) is 3.85. The quantitative estimate of drug-likeness (QED) is 0.206. The van der Waals surface area contributed by atoms with E-state index >= 15 is 0 Å². The lowest BCUT2D eigenvalue weighted by Gasteiger charge is -2.64. The van der Waals surface area contributed by atoms with Crippen molar-refractivity contribution in [1.29, 1.82) is 0 Å². The third-order valence-corrected chi connectivity index (χ3v) is 12.2. The van der Waals surface area contributed by atoms with Gasteiger partial charge in [0.05, 0.1) is 25.1 Å². The molecular formula is C31H49NO8. The number of carbonyl (C=O) groups is 2. The smallest absolute Gasteiger partial charge is 0.303 e. The molecule has 1 heterocycles. The number of ether oxygens (including phenoxy) is 5. The first kappa shape index (κ1) is 29.8. The Balaban J connectivity index is 1.30. The Kier molecular flexibility index (Phi) is 8.09. The van der Waals surface area contributed by atoms with Gasteiger partial charge in [-0.25, -0.2) is 0 Å². The zero-order valence-electron chi connectivity index (χ0n) is 24.8. The summed E-state index contributed by atoms with van der Waals surface area (Å²) in [5.74, 6) is 2.17. The van der Waals surface area contributed by atoms with Gasteiger partial charge in [0.15, 0.2) is 18.5 Å². The van der Waals surface area contributed by atoms with Gasteiger partial charge < -0.3 is 34.5 Å². The van der Waals surface area contributed by atoms with E-state index in [-0.39, 0.29) is 28.9 Å². The van der Waals surface area contributed by atoms with E-state index in [1.165, 1.54) is 13.3 Å². The number of hydrogen-bond donors (Lipinski definition) is 2. The maximum atomic E-state index is 11.7. The molecule has 9 nitrogen and oxygen atoms in total. The number of fused-ring (bicyclic) bond motifs is 5. The Morgan fingerprint density at radius 1 is 1.07 bits per heavy atom. The number of methoxy groups -OCH3 is 1. The van der Waals surface area contributed by atoms with Crippen LogP contribution in [0.15, 0.2) is 12.3 Å². The van der Waals surface area contributed by atoms with Crippen LogP contribution in [0.3, 0.4) is 0 Å². The summed E-state index contributed by atoms with van der Waals surface area (Å²) in [7, 11) is 1.73. The highest BCUT2D eigenvalue weighted by Gasteiger charge is 2.66. The third kappa shape index (κ3) is 4.59. The van der Waals surface area contributed by atoms with Crippen molar-refractivity contribution < 1.29 is 38.4 Å². The number of hydrogen-bond acceptors (Lipinski definition) is 9. The number of allylic oxidation sites excluding steroid dienone is 1. The van der Waals surface area contributed by atoms with Crippen LogP contribution in [0.2, 0.25) is 0 Å². The molecule has 0 spiro atoms. The third-order valence-electron chi connectivity index (χ3n) is 12.2. The molecule has 1 aliphatic heterocycles. The van der Waals surface area contributed by atoms with Crippen molar-refractivity contribution in [1.82, 2.24) is 0 Å². The summed E-state index contributed by atoms with van der Waals surface area (Å²) in [6.45, 7) is 12.3. The highest BCUT2D eigenvalue weighted by molar-refractivity contribution is 5.66. The zero-order chi connectivity index (χ0) is 29.0. The summed E-state index contributed by atoms with van der Waals surface area (Å²) in [5.41, 5.74) is 7.43. The van der Waals surface area contributed by atoms with Gasteiger partial charge in [-0.1, -0.05) is 20.4 Å². The second-order valence-electron chi connectivity index (χ2n) is 13.8. The number of nitrogens with two attached hydrogens (primary N) is 1. The fraction of sp³-hybridized carbons (Fsp3) is 0.871. The summed E-state index contributed by atoms with van der Waals surface area (Å²) < 4.78 is 28.6. The first-order valence-electron chi connectivity index (χ1n) is 15.2. The molecule has 3 N–H and O–H groups in total. The number of aliphatic hydroxyl groups is 1. The fourth-order valence-electron chi connectivity index (χ4n) is 9.89. The fourth-order valence-corrected chi connectivity index (χ4v) is 9.89. The van der Waals surface area contributed by atoms with Crippen molar-refractivity contribution in [3.8, 4) is 0 Å². The Morgan fingerprint density at radius 2 is 1.82 bits per heavy atom. The molecule has 4 saturated carbocycles. The minimum absolute atomic E-state index is 0.0103. The largest absolute Gasteiger partial charge is 0.501 e. The molecule has 40 heavy (non-hydrogen) atoms. The topological polar surface area (TPSA) is 127 Å². The lowest BCUT2D eigenvalue weighted by Crippen LogP contribution is -2.66. The van der Waals surface area contributed by atoms with Crippen LogP contribution in [0.1, 0.15) is 85.5 Å². The average Bonchev–Trinajstić information content (AvgIpc) is 3.19. The van der Waals surface area contributed by atoms with Gasteiger partial charge in [-0.3, -0.25) is 9.59 Å². The van der Waals surface area contributed by atoms with Crippen LogP contribution >= 0.6 is 0 Å². The minimum atomic E-state index is -1.13. The van der Waals surface area contributed by atoms with Gasteiger partial charge >= 0.3 is 5.97 Å². The molecule has 13 atom stereocenters. The summed E-state index contributed by atoms with van der Waals surface area (Å²) >= 11 is 0. The molecule has 5 fully saturated rings. The number of aliphatic hydroxyl groups excluding tert-OH is 1. The average molecular weight is 564 g/mol. The van der Waals surface area contributed by atoms with Crippen LogP contribution in [0.4, 0.5) is 0 Å². The molecule has 0 amide bonds. The highest BCUT2D eigenvalue weighted by atomic mass is 16.7. The lowest BCUT2D eigenvalue weighted by atomic mass is 9.42. The molecule has 0 aromatic heterocycles. The van der Waals surface area contributed by atoms with Crippen molar-refractivity contribution in [3.05, 3.63) is 12.3 Å². The Morgan fingerprint density at radius 3 is 2.50 bits per heavy atom. The van der Waals surface area contributed by atoms with E-state index in [0.29, 0.717) is 23.7 Å². The lowest BCUT2D eigenvalue weighted by molar-refractivity contribution is -0.311. The number of carbonyl (C=O) groups excluding carboxylic acids is 2. The molecule has 9 heteroatoms. The molecule has 0 radical (unpaired) electrons. The predicted molar refractivity (Wildman–Crippen MR) is 147 cm³/mol. The minimum Gasteiger partial charge on any atom is -0.501 e. The summed E-state index contributed by atoms with van der Waals surface area (Å²) in [6, 6.07) is 0. The van der Waals surface area contributed by atoms with Crippen LogP contribution in [-0.2, 0) is 33.3 Å². The van der Waals surface area contributed by atoms with Gasteiger partial charge in [-0.05, 0) is 93.3 Å². The van der Waals surface area contributed by atoms with E-state index in [0.717, 1.165) is 57.1 Å². The Bertz CT molecular complexity index is 990. The van der Waals surface area contributed by atoms with Crippen LogP contribution < -0.4 is 5.73 Å². The Hall–Kier alpha value is -1.68. The molecule has 0 aromatic carbocycles. The SMILES string of the molecule is C=C(OC)C1CCC2(N)C3CCC4CC(OC5OC(C)C(O)C(OC(C)=O)C5OC=O)CCC4(C)C3CCC12C. The van der Waals surface area contributed by atoms with Crippen molar-refractivity contribution in [2.24, 2.45) is 40.2 Å². The van der Waals surface area contributed by atoms with E-state index in [2.05, 4.69) is 20.4 Å². The van der Waals surface area contributed by atoms with Crippen molar-refractivity contribution >= 4 is 12.4 Å². The van der Waals surface area contributed by atoms with Crippen LogP contribution in [0, 0.1) is 34.5 Å². The van der Waals surface area contributed by atoms with Gasteiger partial charge in [0, 0.05) is 18.4 Å². The van der Waals surface area contributed by atoms with E-state index in [1.54, 1.807) is 14.0 Å². The second-order valence-corrected chi connectivity index (χ2v) is 13.8. The normalized spacial score (nSPS) is 50.1. The maximum Gasteiger partial charge on any atom is 0.303 e. The molecule has 5 rings (SSSR count). The molecule has 226 valence electrons. The van der Waals surface area contributed by atoms with E-state index in [4.69, 9.17) is 29.4 Å². The molecule has 0 bridgehead atoms. The molecule has 13 unspecified atom stereocenters. The monoisotopic (exact) mass is 563 g/mol. The Labute approximate surface area is 238 Å². The van der Waals surface area contributed by atoms with Gasteiger partial charge in [-0.2, -0.15) is 0 Å². The number of rotatable bonds is 7. The maximum absolute atomic E-state index is 11.7. The van der Waals surface area contributed by atoms with Crippen LogP contribution in [-0.4, -0.2) is 67.0 Å². The molecule has 5 aliphatic rings. The molecular weight excluding hydrogens is 514 g/mol. The van der Waals surface area contributed by atoms with Crippen molar-refractivity contribution in [3.63, 3.8) is 0 Å². The van der Waals surface area contributed by atoms with Crippen LogP contribution in [0.5, 0.6) is 0 Å². The van der Waals surface area contributed by atoms with Crippen LogP contribution in [0.25, 0.3) is 0 Å². The van der Waals surface area contributed by atoms with Gasteiger partial charge in [0.25, 0.3) is 6.47 Å². The van der Waals surface area contributed by atoms with Gasteiger partial charge in [0.2, 0.25) is 0 Å². The molecule has 0 aromatic rings. The summed E-state index contributed by atoms with van der Waals surface area (Å²) in [6.07, 6.45) is 4.46. The van der Waals surface area contributed by atoms with E-state index < -0.39 is 36.7 Å². The first-order chi connectivity index (χ1) is 18.9. The molecule has 4 aliphatic carbocycles. The zero-order valence-corrected chi connectivity index (χ0v) is 24.8. The molecule has 1 saturated heterocycles. The van der Waals surface area contributed by atoms with E-state index in [9.17, 15) is 14.7 Å². The second kappa shape index (κ2) is 10.9. The van der Waals surface area contributed by atoms with Crippen molar-refractivity contribution in [2.45, 2.75) is 128 Å². The summed E-state index contributed by atoms with van der Waals surface area (Å²) in [4.78, 5) is 23.0. The summed E-state index contributed by atoms with van der Waals surface area (Å²) in [5, 5.41) is 10.6. The standard InChI is InChI=1S/C31H49NO8/c1-17(36-6)22-11-14-31(32)24-8-7-20-15-21(9-12-29(20,4)23(24)10-13-30(22,31)5)40-28-27(37-16-33)26(39-19(3)34)25(35)18(2)38-28/h16,18,20-28,35H,1,7-15,32H2,2-6H3. The van der Waals surface area contributed by atoms with Crippen molar-refractivity contribution in [2.75, 3.05) is 7.11 Å².